The average Bonchev–Trinajstić information content (AvgIpc) is 2.88. The fraction of sp³-hybridized carbons (Fsp3) is 0.312. The first-order chi connectivity index (χ1) is 8.45. The molecular weight excluding hydrogens is 240 g/mol. The van der Waals surface area contributed by atoms with Gasteiger partial charge >= 0.3 is 0 Å². The van der Waals surface area contributed by atoms with Crippen LogP contribution in [0.5, 0.6) is 0 Å². The molecule has 0 saturated carbocycles. The van der Waals surface area contributed by atoms with Crippen LogP contribution in [-0.2, 0) is 0 Å². The molecular formula is C16H18OS. The number of carbonyl (C=O) groups excluding carboxylic acids is 1. The fourth-order valence-corrected chi connectivity index (χ4v) is 3.04. The summed E-state index contributed by atoms with van der Waals surface area (Å²) in [6.45, 7) is 10.4. The van der Waals surface area contributed by atoms with Crippen LogP contribution in [0.25, 0.3) is 0 Å². The summed E-state index contributed by atoms with van der Waals surface area (Å²) in [7, 11) is 0. The quantitative estimate of drug-likeness (QED) is 0.724. The van der Waals surface area contributed by atoms with Gasteiger partial charge in [0.2, 0.25) is 5.78 Å². The van der Waals surface area contributed by atoms with Gasteiger partial charge in [-0.2, -0.15) is 0 Å². The zero-order valence-electron chi connectivity index (χ0n) is 11.5. The first-order valence-corrected chi connectivity index (χ1v) is 6.98. The standard InChI is InChI=1S/C16H18OS/c1-9-10(2)12(4)15(13(5)11(9)3)16(17)14-7-6-8-18-14/h6-8H,1-5H3. The molecule has 0 amide bonds. The van der Waals surface area contributed by atoms with Gasteiger partial charge in [-0.05, 0) is 73.9 Å². The van der Waals surface area contributed by atoms with Gasteiger partial charge in [0.1, 0.15) is 0 Å². The molecule has 0 radical (unpaired) electrons. The van der Waals surface area contributed by atoms with Crippen LogP contribution in [0, 0.1) is 34.6 Å². The second-order valence-corrected chi connectivity index (χ2v) is 5.75. The van der Waals surface area contributed by atoms with E-state index in [1.54, 1.807) is 0 Å². The van der Waals surface area contributed by atoms with Gasteiger partial charge in [0.05, 0.1) is 4.88 Å². The number of ketones is 1. The van der Waals surface area contributed by atoms with Crippen molar-refractivity contribution in [3.63, 3.8) is 0 Å². The normalized spacial score (nSPS) is 10.7. The van der Waals surface area contributed by atoms with Gasteiger partial charge in [-0.1, -0.05) is 6.07 Å². The average molecular weight is 258 g/mol. The lowest BCUT2D eigenvalue weighted by Crippen LogP contribution is -2.09. The highest BCUT2D eigenvalue weighted by Crippen LogP contribution is 2.28. The summed E-state index contributed by atoms with van der Waals surface area (Å²) in [6, 6.07) is 3.83. The van der Waals surface area contributed by atoms with Crippen molar-refractivity contribution < 1.29 is 4.79 Å². The number of hydrogen-bond donors (Lipinski definition) is 0. The third-order valence-corrected chi connectivity index (χ3v) is 4.84. The molecule has 0 spiro atoms. The van der Waals surface area contributed by atoms with E-state index in [2.05, 4.69) is 34.6 Å². The monoisotopic (exact) mass is 258 g/mol. The Labute approximate surface area is 112 Å². The molecule has 2 heteroatoms. The lowest BCUT2D eigenvalue weighted by atomic mass is 9.87. The molecule has 0 aliphatic heterocycles. The van der Waals surface area contributed by atoms with E-state index in [-0.39, 0.29) is 5.78 Å². The van der Waals surface area contributed by atoms with Gasteiger partial charge in [0.15, 0.2) is 0 Å². The first-order valence-electron chi connectivity index (χ1n) is 6.10. The zero-order valence-corrected chi connectivity index (χ0v) is 12.4. The Hall–Kier alpha value is -1.41. The minimum Gasteiger partial charge on any atom is -0.288 e. The molecule has 1 aromatic heterocycles. The van der Waals surface area contributed by atoms with Crippen molar-refractivity contribution in [2.75, 3.05) is 0 Å². The minimum absolute atomic E-state index is 0.159. The molecule has 1 aromatic carbocycles. The highest BCUT2D eigenvalue weighted by atomic mass is 32.1. The Bertz CT molecular complexity index is 578. The molecule has 0 fully saturated rings. The Morgan fingerprint density at radius 3 is 1.83 bits per heavy atom. The Kier molecular flexibility index (Phi) is 3.40. The van der Waals surface area contributed by atoms with Crippen LogP contribution in [0.4, 0.5) is 0 Å². The predicted octanol–water partition coefficient (Wildman–Crippen LogP) is 4.52. The third-order valence-electron chi connectivity index (χ3n) is 3.97. The van der Waals surface area contributed by atoms with Crippen molar-refractivity contribution in [1.29, 1.82) is 0 Å². The van der Waals surface area contributed by atoms with E-state index in [1.807, 2.05) is 17.5 Å². The topological polar surface area (TPSA) is 17.1 Å². The maximum atomic E-state index is 12.6. The van der Waals surface area contributed by atoms with E-state index in [9.17, 15) is 4.79 Å². The summed E-state index contributed by atoms with van der Waals surface area (Å²) in [4.78, 5) is 13.4. The molecule has 18 heavy (non-hydrogen) atoms. The molecule has 94 valence electrons. The summed E-state index contributed by atoms with van der Waals surface area (Å²) in [5, 5.41) is 1.95. The van der Waals surface area contributed by atoms with Crippen LogP contribution < -0.4 is 0 Å². The van der Waals surface area contributed by atoms with Crippen molar-refractivity contribution in [2.45, 2.75) is 34.6 Å². The molecule has 1 heterocycles. The van der Waals surface area contributed by atoms with E-state index < -0.39 is 0 Å². The molecule has 0 bridgehead atoms. The number of carbonyl (C=O) groups is 1. The van der Waals surface area contributed by atoms with E-state index in [4.69, 9.17) is 0 Å². The third kappa shape index (κ3) is 1.91. The Morgan fingerprint density at radius 2 is 1.39 bits per heavy atom. The van der Waals surface area contributed by atoms with E-state index in [1.165, 1.54) is 28.0 Å². The summed E-state index contributed by atoms with van der Waals surface area (Å²) in [5.41, 5.74) is 6.89. The van der Waals surface area contributed by atoms with Crippen LogP contribution in [0.2, 0.25) is 0 Å². The van der Waals surface area contributed by atoms with Crippen molar-refractivity contribution in [2.24, 2.45) is 0 Å². The largest absolute Gasteiger partial charge is 0.288 e. The highest BCUT2D eigenvalue weighted by Gasteiger charge is 2.19. The maximum Gasteiger partial charge on any atom is 0.203 e. The smallest absolute Gasteiger partial charge is 0.203 e. The van der Waals surface area contributed by atoms with Crippen LogP contribution in [0.1, 0.15) is 43.1 Å². The van der Waals surface area contributed by atoms with E-state index in [0.717, 1.165) is 21.6 Å². The first kappa shape index (κ1) is 13.0. The molecule has 0 aliphatic carbocycles. The van der Waals surface area contributed by atoms with Gasteiger partial charge in [0.25, 0.3) is 0 Å². The highest BCUT2D eigenvalue weighted by molar-refractivity contribution is 7.12. The van der Waals surface area contributed by atoms with Gasteiger partial charge in [0, 0.05) is 5.56 Å². The molecule has 0 unspecified atom stereocenters. The second kappa shape index (κ2) is 4.69. The van der Waals surface area contributed by atoms with Gasteiger partial charge in [-0.25, -0.2) is 0 Å². The van der Waals surface area contributed by atoms with Crippen LogP contribution in [0.3, 0.4) is 0 Å². The van der Waals surface area contributed by atoms with Crippen LogP contribution >= 0.6 is 11.3 Å². The number of benzene rings is 1. The van der Waals surface area contributed by atoms with E-state index >= 15 is 0 Å². The SMILES string of the molecule is Cc1c(C)c(C)c(C(=O)c2cccs2)c(C)c1C. The summed E-state index contributed by atoms with van der Waals surface area (Å²) >= 11 is 1.51. The van der Waals surface area contributed by atoms with Crippen LogP contribution in [-0.4, -0.2) is 5.78 Å². The molecule has 2 aromatic rings. The summed E-state index contributed by atoms with van der Waals surface area (Å²) in [5.74, 6) is 0.159. The van der Waals surface area contributed by atoms with Crippen molar-refractivity contribution >= 4 is 17.1 Å². The maximum absolute atomic E-state index is 12.6. The molecule has 2 rings (SSSR count). The summed E-state index contributed by atoms with van der Waals surface area (Å²) in [6.07, 6.45) is 0. The van der Waals surface area contributed by atoms with Crippen molar-refractivity contribution in [3.8, 4) is 0 Å². The number of hydrogen-bond acceptors (Lipinski definition) is 2. The molecule has 0 atom stereocenters. The second-order valence-electron chi connectivity index (χ2n) is 4.81. The number of thiophene rings is 1. The lowest BCUT2D eigenvalue weighted by Gasteiger charge is -2.17. The van der Waals surface area contributed by atoms with E-state index in [0.29, 0.717) is 0 Å². The van der Waals surface area contributed by atoms with Gasteiger partial charge < -0.3 is 0 Å². The van der Waals surface area contributed by atoms with Crippen molar-refractivity contribution in [3.05, 3.63) is 55.8 Å². The Balaban J connectivity index is 2.69. The fourth-order valence-electron chi connectivity index (χ4n) is 2.37. The number of rotatable bonds is 2. The molecule has 1 nitrogen and oxygen atoms in total. The molecule has 0 saturated heterocycles. The van der Waals surface area contributed by atoms with Crippen molar-refractivity contribution in [1.82, 2.24) is 0 Å². The Morgan fingerprint density at radius 1 is 0.889 bits per heavy atom. The molecule has 0 N–H and O–H groups in total. The van der Waals surface area contributed by atoms with Gasteiger partial charge in [-0.15, -0.1) is 11.3 Å². The zero-order chi connectivity index (χ0) is 13.4. The molecule has 0 aliphatic rings. The minimum atomic E-state index is 0.159. The predicted molar refractivity (Wildman–Crippen MR) is 77.9 cm³/mol. The summed E-state index contributed by atoms with van der Waals surface area (Å²) < 4.78 is 0. The van der Waals surface area contributed by atoms with Gasteiger partial charge in [-0.3, -0.25) is 4.79 Å². The van der Waals surface area contributed by atoms with Crippen LogP contribution in [0.15, 0.2) is 17.5 Å². The lowest BCUT2D eigenvalue weighted by molar-refractivity contribution is 0.104.